The van der Waals surface area contributed by atoms with Gasteiger partial charge in [0.05, 0.1) is 6.10 Å². The fourth-order valence-electron chi connectivity index (χ4n) is 1.28. The van der Waals surface area contributed by atoms with Crippen LogP contribution in [0.2, 0.25) is 0 Å². The third-order valence-electron chi connectivity index (χ3n) is 1.99. The molecule has 0 aromatic heterocycles. The lowest BCUT2D eigenvalue weighted by Crippen LogP contribution is -2.11. The van der Waals surface area contributed by atoms with Crippen LogP contribution in [0.15, 0.2) is 0 Å². The van der Waals surface area contributed by atoms with Crippen LogP contribution in [0.4, 0.5) is 0 Å². The molecule has 0 bridgehead atoms. The van der Waals surface area contributed by atoms with Crippen molar-refractivity contribution in [3.63, 3.8) is 0 Å². The van der Waals surface area contributed by atoms with Crippen molar-refractivity contribution in [1.82, 2.24) is 0 Å². The first-order valence-corrected chi connectivity index (χ1v) is 4.52. The molecule has 2 atom stereocenters. The molecule has 0 amide bonds. The Morgan fingerprint density at radius 1 is 1.70 bits per heavy atom. The van der Waals surface area contributed by atoms with E-state index in [0.29, 0.717) is 11.5 Å². The molecule has 1 aliphatic rings. The van der Waals surface area contributed by atoms with Gasteiger partial charge < -0.3 is 4.74 Å². The first-order valence-electron chi connectivity index (χ1n) is 4.08. The number of rotatable bonds is 3. The maximum Gasteiger partial charge on any atom is 0.0590 e. The van der Waals surface area contributed by atoms with Gasteiger partial charge in [-0.25, -0.2) is 0 Å². The molecule has 1 rings (SSSR count). The van der Waals surface area contributed by atoms with Gasteiger partial charge in [-0.05, 0) is 25.7 Å². The molecule has 0 saturated carbocycles. The van der Waals surface area contributed by atoms with Crippen LogP contribution < -0.4 is 0 Å². The van der Waals surface area contributed by atoms with E-state index in [-0.39, 0.29) is 0 Å². The molecule has 1 aliphatic heterocycles. The summed E-state index contributed by atoms with van der Waals surface area (Å²) in [5.41, 5.74) is 0. The maximum atomic E-state index is 5.97. The van der Waals surface area contributed by atoms with Crippen LogP contribution in [0.1, 0.15) is 32.6 Å². The van der Waals surface area contributed by atoms with Crippen LogP contribution in [-0.2, 0) is 4.74 Å². The van der Waals surface area contributed by atoms with Crippen molar-refractivity contribution in [3.05, 3.63) is 0 Å². The fraction of sp³-hybridized carbons (Fsp3) is 1.00. The molecule has 0 N–H and O–H groups in total. The molecular formula is C8H15ClO. The van der Waals surface area contributed by atoms with Crippen molar-refractivity contribution >= 4 is 11.6 Å². The zero-order valence-electron chi connectivity index (χ0n) is 6.48. The van der Waals surface area contributed by atoms with E-state index in [2.05, 4.69) is 6.92 Å². The number of hydrogen-bond acceptors (Lipinski definition) is 1. The van der Waals surface area contributed by atoms with E-state index in [1.807, 2.05) is 0 Å². The van der Waals surface area contributed by atoms with Gasteiger partial charge in [-0.2, -0.15) is 0 Å². The van der Waals surface area contributed by atoms with Gasteiger partial charge in [-0.3, -0.25) is 0 Å². The first kappa shape index (κ1) is 8.35. The number of ether oxygens (including phenoxy) is 1. The van der Waals surface area contributed by atoms with Crippen LogP contribution >= 0.6 is 11.6 Å². The third-order valence-corrected chi connectivity index (χ3v) is 2.47. The predicted molar refractivity (Wildman–Crippen MR) is 43.5 cm³/mol. The second kappa shape index (κ2) is 4.20. The van der Waals surface area contributed by atoms with Gasteiger partial charge in [-0.15, -0.1) is 11.6 Å². The van der Waals surface area contributed by atoms with E-state index in [1.54, 1.807) is 0 Å². The van der Waals surface area contributed by atoms with Crippen molar-refractivity contribution in [2.45, 2.75) is 44.1 Å². The van der Waals surface area contributed by atoms with E-state index in [1.165, 1.54) is 12.8 Å². The summed E-state index contributed by atoms with van der Waals surface area (Å²) in [6, 6.07) is 0. The molecule has 10 heavy (non-hydrogen) atoms. The minimum Gasteiger partial charge on any atom is -0.378 e. The number of halogens is 1. The average molecular weight is 163 g/mol. The van der Waals surface area contributed by atoms with Gasteiger partial charge in [0.25, 0.3) is 0 Å². The van der Waals surface area contributed by atoms with Crippen LogP contribution in [0.25, 0.3) is 0 Å². The Balaban J connectivity index is 2.11. The van der Waals surface area contributed by atoms with Crippen molar-refractivity contribution in [2.75, 3.05) is 6.61 Å². The molecule has 1 fully saturated rings. The Morgan fingerprint density at radius 3 is 3.00 bits per heavy atom. The van der Waals surface area contributed by atoms with Crippen LogP contribution in [0.3, 0.4) is 0 Å². The zero-order chi connectivity index (χ0) is 7.40. The largest absolute Gasteiger partial charge is 0.378 e. The van der Waals surface area contributed by atoms with E-state index in [4.69, 9.17) is 16.3 Å². The van der Waals surface area contributed by atoms with Gasteiger partial charge in [0.1, 0.15) is 0 Å². The Labute approximate surface area is 67.7 Å². The Bertz CT molecular complexity index is 89.3. The van der Waals surface area contributed by atoms with Gasteiger partial charge in [-0.1, -0.05) is 6.92 Å². The molecule has 0 radical (unpaired) electrons. The van der Waals surface area contributed by atoms with Gasteiger partial charge >= 0.3 is 0 Å². The highest BCUT2D eigenvalue weighted by Crippen LogP contribution is 2.20. The molecule has 2 heteroatoms. The Morgan fingerprint density at radius 2 is 2.50 bits per heavy atom. The highest BCUT2D eigenvalue weighted by atomic mass is 35.5. The highest BCUT2D eigenvalue weighted by Gasteiger charge is 2.17. The molecule has 0 aromatic rings. The van der Waals surface area contributed by atoms with Crippen molar-refractivity contribution in [3.8, 4) is 0 Å². The molecule has 0 spiro atoms. The summed E-state index contributed by atoms with van der Waals surface area (Å²) in [5.74, 6) is 0. The molecule has 2 unspecified atom stereocenters. The Hall–Kier alpha value is 0.250. The predicted octanol–water partition coefficient (Wildman–Crippen LogP) is 2.57. The molecule has 1 nitrogen and oxygen atoms in total. The van der Waals surface area contributed by atoms with Crippen molar-refractivity contribution < 1.29 is 4.74 Å². The zero-order valence-corrected chi connectivity index (χ0v) is 7.23. The minimum absolute atomic E-state index is 0.322. The first-order chi connectivity index (χ1) is 4.83. The summed E-state index contributed by atoms with van der Waals surface area (Å²) < 4.78 is 5.44. The number of alkyl halides is 1. The molecule has 0 aliphatic carbocycles. The summed E-state index contributed by atoms with van der Waals surface area (Å²) in [7, 11) is 0. The lowest BCUT2D eigenvalue weighted by atomic mass is 10.1. The lowest BCUT2D eigenvalue weighted by molar-refractivity contribution is 0.103. The van der Waals surface area contributed by atoms with Crippen molar-refractivity contribution in [2.24, 2.45) is 0 Å². The molecule has 1 heterocycles. The SMILES string of the molecule is CCC(Cl)CC1CCCO1. The van der Waals surface area contributed by atoms with Gasteiger partial charge in [0.15, 0.2) is 0 Å². The second-order valence-corrected chi connectivity index (χ2v) is 3.49. The lowest BCUT2D eigenvalue weighted by Gasteiger charge is -2.11. The van der Waals surface area contributed by atoms with E-state index in [9.17, 15) is 0 Å². The standard InChI is InChI=1S/C8H15ClO/c1-2-7(9)6-8-4-3-5-10-8/h7-8H,2-6H2,1H3. The Kier molecular flexibility index (Phi) is 3.50. The van der Waals surface area contributed by atoms with Gasteiger partial charge in [0.2, 0.25) is 0 Å². The molecule has 1 saturated heterocycles. The summed E-state index contributed by atoms with van der Waals surface area (Å²) in [5, 5.41) is 0.322. The average Bonchev–Trinajstić information content (AvgIpc) is 2.40. The molecule has 60 valence electrons. The second-order valence-electron chi connectivity index (χ2n) is 2.88. The van der Waals surface area contributed by atoms with E-state index in [0.717, 1.165) is 19.4 Å². The molecular weight excluding hydrogens is 148 g/mol. The monoisotopic (exact) mass is 162 g/mol. The summed E-state index contributed by atoms with van der Waals surface area (Å²) in [4.78, 5) is 0. The van der Waals surface area contributed by atoms with Crippen LogP contribution in [0, 0.1) is 0 Å². The normalized spacial score (nSPS) is 28.8. The smallest absolute Gasteiger partial charge is 0.0590 e. The quantitative estimate of drug-likeness (QED) is 0.580. The van der Waals surface area contributed by atoms with Gasteiger partial charge in [0, 0.05) is 12.0 Å². The summed E-state index contributed by atoms with van der Waals surface area (Å²) in [6.07, 6.45) is 4.99. The fourth-order valence-corrected chi connectivity index (χ4v) is 1.48. The minimum atomic E-state index is 0.322. The summed E-state index contributed by atoms with van der Waals surface area (Å²) >= 11 is 5.97. The van der Waals surface area contributed by atoms with Crippen molar-refractivity contribution in [1.29, 1.82) is 0 Å². The van der Waals surface area contributed by atoms with Crippen LogP contribution in [0.5, 0.6) is 0 Å². The summed E-state index contributed by atoms with van der Waals surface area (Å²) in [6.45, 7) is 3.06. The van der Waals surface area contributed by atoms with E-state index >= 15 is 0 Å². The highest BCUT2D eigenvalue weighted by molar-refractivity contribution is 6.20. The topological polar surface area (TPSA) is 9.23 Å². The maximum absolute atomic E-state index is 5.97. The number of hydrogen-bond donors (Lipinski definition) is 0. The molecule has 0 aromatic carbocycles. The van der Waals surface area contributed by atoms with E-state index < -0.39 is 0 Å². The van der Waals surface area contributed by atoms with Crippen LogP contribution in [-0.4, -0.2) is 18.1 Å². The third kappa shape index (κ3) is 2.47.